The molecule has 0 atom stereocenters. The molecule has 0 radical (unpaired) electrons. The molecule has 0 aliphatic carbocycles. The van der Waals surface area contributed by atoms with Crippen LogP contribution in [-0.2, 0) is 11.3 Å². The average Bonchev–Trinajstić information content (AvgIpc) is 3.66. The Morgan fingerprint density at radius 2 is 1.93 bits per heavy atom. The van der Waals surface area contributed by atoms with Crippen molar-refractivity contribution in [3.05, 3.63) is 54.6 Å². The smallest absolute Gasteiger partial charge is 0.387 e. The van der Waals surface area contributed by atoms with E-state index in [2.05, 4.69) is 25.4 Å². The van der Waals surface area contributed by atoms with Gasteiger partial charge in [-0.15, -0.1) is 11.8 Å². The van der Waals surface area contributed by atoms with Crippen molar-refractivity contribution in [2.75, 3.05) is 43.0 Å². The van der Waals surface area contributed by atoms with Gasteiger partial charge in [0, 0.05) is 78.0 Å². The molecule has 0 spiro atoms. The summed E-state index contributed by atoms with van der Waals surface area (Å²) in [7, 11) is 0. The standard InChI is InChI=1S/C31H36F2N8O3S2/c1-20(2)46-22-4-5-26(44-31(32)33)23(16-22)28-25(36-30(43)24-17-35-41-9-3-8-34-29(24)41)18-40(37-28)19-27(42)39-10-6-21(7-11-39)38-12-14-45-15-13-38/h3-5,8-9,16-18,20-21,31H,6-7,10-15,19H2,1-2H3,(H,36,43). The Labute approximate surface area is 274 Å². The molecular weight excluding hydrogens is 635 g/mol. The monoisotopic (exact) mass is 670 g/mol. The summed E-state index contributed by atoms with van der Waals surface area (Å²) >= 11 is 3.54. The van der Waals surface area contributed by atoms with E-state index in [9.17, 15) is 18.4 Å². The molecule has 1 N–H and O–H groups in total. The molecule has 244 valence electrons. The molecule has 3 aromatic heterocycles. The first-order valence-corrected chi connectivity index (χ1v) is 17.3. The van der Waals surface area contributed by atoms with E-state index in [1.807, 2.05) is 30.5 Å². The van der Waals surface area contributed by atoms with E-state index < -0.39 is 12.5 Å². The van der Waals surface area contributed by atoms with E-state index in [0.717, 1.165) is 42.3 Å². The van der Waals surface area contributed by atoms with Crippen molar-refractivity contribution in [3.63, 3.8) is 0 Å². The number of benzene rings is 1. The lowest BCUT2D eigenvalue weighted by atomic mass is 10.0. The van der Waals surface area contributed by atoms with E-state index in [1.165, 1.54) is 21.5 Å². The lowest BCUT2D eigenvalue weighted by molar-refractivity contribution is -0.133. The number of carbonyl (C=O) groups is 2. The molecule has 2 fully saturated rings. The van der Waals surface area contributed by atoms with Crippen LogP contribution in [0.5, 0.6) is 5.75 Å². The first-order valence-electron chi connectivity index (χ1n) is 15.3. The number of rotatable bonds is 10. The minimum Gasteiger partial charge on any atom is -0.434 e. The fraction of sp³-hybridized carbons (Fsp3) is 0.452. The summed E-state index contributed by atoms with van der Waals surface area (Å²) in [5.74, 6) is 1.60. The topological polar surface area (TPSA) is 110 Å². The number of carbonyl (C=O) groups excluding carboxylic acids is 2. The van der Waals surface area contributed by atoms with Crippen LogP contribution in [-0.4, -0.2) is 102 Å². The Hall–Kier alpha value is -3.69. The molecule has 6 rings (SSSR count). The molecule has 5 heterocycles. The summed E-state index contributed by atoms with van der Waals surface area (Å²) in [5, 5.41) is 11.9. The highest BCUT2D eigenvalue weighted by molar-refractivity contribution is 8.00. The van der Waals surface area contributed by atoms with Gasteiger partial charge in [0.1, 0.15) is 23.6 Å². The van der Waals surface area contributed by atoms with Gasteiger partial charge in [-0.25, -0.2) is 9.50 Å². The van der Waals surface area contributed by atoms with Gasteiger partial charge in [-0.05, 0) is 37.1 Å². The number of anilines is 1. The fourth-order valence-electron chi connectivity index (χ4n) is 5.87. The SMILES string of the molecule is CC(C)Sc1ccc(OC(F)F)c(-c2nn(CC(=O)N3CCC(N4CCSCC4)CC3)cc2NC(=O)c2cnn3cccnc23)c1. The summed E-state index contributed by atoms with van der Waals surface area (Å²) in [6.45, 7) is 4.41. The van der Waals surface area contributed by atoms with Crippen LogP contribution in [0.1, 0.15) is 37.0 Å². The predicted octanol–water partition coefficient (Wildman–Crippen LogP) is 4.99. The second-order valence-electron chi connectivity index (χ2n) is 11.5. The van der Waals surface area contributed by atoms with Gasteiger partial charge >= 0.3 is 6.61 Å². The van der Waals surface area contributed by atoms with Crippen LogP contribution in [0, 0.1) is 0 Å². The first kappa shape index (κ1) is 32.3. The zero-order chi connectivity index (χ0) is 32.2. The predicted molar refractivity (Wildman–Crippen MR) is 175 cm³/mol. The molecule has 2 saturated heterocycles. The highest BCUT2D eigenvalue weighted by atomic mass is 32.2. The Balaban J connectivity index is 1.28. The van der Waals surface area contributed by atoms with Gasteiger partial charge in [0.15, 0.2) is 5.65 Å². The summed E-state index contributed by atoms with van der Waals surface area (Å²) in [6.07, 6.45) is 8.03. The van der Waals surface area contributed by atoms with Crippen LogP contribution in [0.25, 0.3) is 16.9 Å². The number of hydrogen-bond acceptors (Lipinski definition) is 9. The van der Waals surface area contributed by atoms with Gasteiger partial charge in [0.25, 0.3) is 5.91 Å². The largest absolute Gasteiger partial charge is 0.434 e. The summed E-state index contributed by atoms with van der Waals surface area (Å²) in [6, 6.07) is 7.09. The van der Waals surface area contributed by atoms with Gasteiger partial charge in [-0.2, -0.15) is 30.7 Å². The van der Waals surface area contributed by atoms with Gasteiger partial charge in [-0.3, -0.25) is 19.2 Å². The maximum atomic E-state index is 13.5. The summed E-state index contributed by atoms with van der Waals surface area (Å²) < 4.78 is 34.8. The minimum absolute atomic E-state index is 0.0718. The zero-order valence-corrected chi connectivity index (χ0v) is 27.3. The Kier molecular flexibility index (Phi) is 10.1. The third-order valence-electron chi connectivity index (χ3n) is 8.00. The van der Waals surface area contributed by atoms with Crippen molar-refractivity contribution in [3.8, 4) is 17.0 Å². The molecular formula is C31H36F2N8O3S2. The number of aromatic nitrogens is 5. The van der Waals surface area contributed by atoms with Gasteiger partial charge < -0.3 is 15.0 Å². The van der Waals surface area contributed by atoms with E-state index in [0.29, 0.717) is 24.8 Å². The lowest BCUT2D eigenvalue weighted by Crippen LogP contribution is -2.49. The molecule has 15 heteroatoms. The number of nitrogens with one attached hydrogen (secondary N) is 1. The molecule has 0 bridgehead atoms. The molecule has 1 aromatic carbocycles. The molecule has 0 unspecified atom stereocenters. The summed E-state index contributed by atoms with van der Waals surface area (Å²) in [4.78, 5) is 36.4. The number of halogens is 2. The van der Waals surface area contributed by atoms with E-state index in [-0.39, 0.29) is 46.0 Å². The van der Waals surface area contributed by atoms with Crippen molar-refractivity contribution in [1.29, 1.82) is 0 Å². The molecule has 2 aliphatic rings. The number of amides is 2. The van der Waals surface area contributed by atoms with E-state index in [1.54, 1.807) is 48.6 Å². The van der Waals surface area contributed by atoms with Crippen molar-refractivity contribution in [2.45, 2.75) is 56.0 Å². The molecule has 2 amide bonds. The number of hydrogen-bond donors (Lipinski definition) is 1. The molecule has 11 nitrogen and oxygen atoms in total. The van der Waals surface area contributed by atoms with Gasteiger partial charge in [0.05, 0.1) is 11.9 Å². The number of thioether (sulfide) groups is 2. The van der Waals surface area contributed by atoms with E-state index in [4.69, 9.17) is 4.74 Å². The Morgan fingerprint density at radius 1 is 1.15 bits per heavy atom. The van der Waals surface area contributed by atoms with Crippen molar-refractivity contribution in [2.24, 2.45) is 0 Å². The Morgan fingerprint density at radius 3 is 2.67 bits per heavy atom. The summed E-state index contributed by atoms with van der Waals surface area (Å²) in [5.41, 5.74) is 1.28. The molecule has 4 aromatic rings. The Bertz CT molecular complexity index is 1680. The number of nitrogens with zero attached hydrogens (tertiary/aromatic N) is 7. The third-order valence-corrected chi connectivity index (χ3v) is 9.94. The van der Waals surface area contributed by atoms with Crippen LogP contribution >= 0.6 is 23.5 Å². The maximum Gasteiger partial charge on any atom is 0.387 e. The quantitative estimate of drug-likeness (QED) is 0.234. The molecule has 46 heavy (non-hydrogen) atoms. The second-order valence-corrected chi connectivity index (χ2v) is 14.3. The minimum atomic E-state index is -3.07. The number of alkyl halides is 2. The highest BCUT2D eigenvalue weighted by Gasteiger charge is 2.29. The van der Waals surface area contributed by atoms with Gasteiger partial charge in [-0.1, -0.05) is 13.8 Å². The van der Waals surface area contributed by atoms with E-state index >= 15 is 0 Å². The first-order chi connectivity index (χ1) is 22.2. The van der Waals surface area contributed by atoms with Crippen molar-refractivity contribution >= 4 is 46.7 Å². The molecule has 2 aliphatic heterocycles. The van der Waals surface area contributed by atoms with Crippen molar-refractivity contribution < 1.29 is 23.1 Å². The van der Waals surface area contributed by atoms with Crippen LogP contribution in [0.15, 0.2) is 53.9 Å². The van der Waals surface area contributed by atoms with Crippen LogP contribution in [0.3, 0.4) is 0 Å². The molecule has 0 saturated carbocycles. The normalized spacial score (nSPS) is 16.4. The zero-order valence-electron chi connectivity index (χ0n) is 25.6. The highest BCUT2D eigenvalue weighted by Crippen LogP contribution is 2.39. The van der Waals surface area contributed by atoms with Crippen LogP contribution < -0.4 is 10.1 Å². The van der Waals surface area contributed by atoms with Gasteiger partial charge in [0.2, 0.25) is 5.91 Å². The van der Waals surface area contributed by atoms with Crippen molar-refractivity contribution in [1.82, 2.24) is 34.2 Å². The van der Waals surface area contributed by atoms with Crippen LogP contribution in [0.4, 0.5) is 14.5 Å². The number of ether oxygens (including phenoxy) is 1. The number of likely N-dealkylation sites (tertiary alicyclic amines) is 1. The van der Waals surface area contributed by atoms with Crippen LogP contribution in [0.2, 0.25) is 0 Å². The number of fused-ring (bicyclic) bond motifs is 1. The third kappa shape index (κ3) is 7.47. The lowest BCUT2D eigenvalue weighted by Gasteiger charge is -2.40. The average molecular weight is 671 g/mol. The number of piperidine rings is 1. The second kappa shape index (κ2) is 14.4. The fourth-order valence-corrected chi connectivity index (χ4v) is 7.68. The maximum absolute atomic E-state index is 13.5.